The van der Waals surface area contributed by atoms with Gasteiger partial charge in [0.25, 0.3) is 0 Å². The number of nitrogens with one attached hydrogen (secondary N) is 2. The van der Waals surface area contributed by atoms with Gasteiger partial charge in [-0.25, -0.2) is 4.98 Å². The van der Waals surface area contributed by atoms with Crippen molar-refractivity contribution in [1.29, 1.82) is 0 Å². The number of nitrogens with zero attached hydrogens (tertiary/aromatic N) is 3. The Kier molecular flexibility index (Phi) is 9.02. The normalized spacial score (nSPS) is 15.2. The van der Waals surface area contributed by atoms with Crippen molar-refractivity contribution >= 4 is 23.4 Å². The van der Waals surface area contributed by atoms with Gasteiger partial charge in [-0.05, 0) is 36.6 Å². The third kappa shape index (κ3) is 7.36. The van der Waals surface area contributed by atoms with Crippen LogP contribution in [0.3, 0.4) is 0 Å². The molecule has 10 nitrogen and oxygen atoms in total. The maximum absolute atomic E-state index is 12.9. The molecular weight excluding hydrogens is 531 g/mol. The summed E-state index contributed by atoms with van der Waals surface area (Å²) < 4.78 is 57.6. The predicted molar refractivity (Wildman–Crippen MR) is 141 cm³/mol. The number of piperidine rings is 1. The van der Waals surface area contributed by atoms with E-state index in [0.717, 1.165) is 6.42 Å². The molecule has 1 aliphatic rings. The van der Waals surface area contributed by atoms with Crippen LogP contribution in [0.5, 0.6) is 23.0 Å². The van der Waals surface area contributed by atoms with Crippen LogP contribution in [0.1, 0.15) is 18.4 Å². The van der Waals surface area contributed by atoms with E-state index < -0.39 is 6.36 Å². The zero-order chi connectivity index (χ0) is 28.7. The Bertz CT molecular complexity index is 1300. The summed E-state index contributed by atoms with van der Waals surface area (Å²) in [5, 5.41) is 5.98. The van der Waals surface area contributed by atoms with Gasteiger partial charge >= 0.3 is 6.36 Å². The zero-order valence-electron chi connectivity index (χ0n) is 22.2. The molecule has 0 radical (unpaired) electrons. The Morgan fingerprint density at radius 1 is 1.07 bits per heavy atom. The lowest BCUT2D eigenvalue weighted by molar-refractivity contribution is -0.274. The quantitative estimate of drug-likeness (QED) is 0.365. The van der Waals surface area contributed by atoms with Crippen LogP contribution in [0, 0.1) is 5.92 Å². The number of amides is 1. The lowest BCUT2D eigenvalue weighted by atomic mass is 9.97. The summed E-state index contributed by atoms with van der Waals surface area (Å²) in [7, 11) is 4.58. The largest absolute Gasteiger partial charge is 0.573 e. The third-order valence-corrected chi connectivity index (χ3v) is 6.28. The van der Waals surface area contributed by atoms with Gasteiger partial charge in [-0.3, -0.25) is 4.79 Å². The average molecular weight is 562 g/mol. The van der Waals surface area contributed by atoms with Crippen molar-refractivity contribution < 1.29 is 36.9 Å². The topological polar surface area (TPSA) is 107 Å². The van der Waals surface area contributed by atoms with Gasteiger partial charge in [0.1, 0.15) is 11.6 Å². The van der Waals surface area contributed by atoms with Crippen LogP contribution in [0.2, 0.25) is 0 Å². The van der Waals surface area contributed by atoms with Gasteiger partial charge < -0.3 is 34.5 Å². The molecule has 1 amide bonds. The number of rotatable bonds is 10. The summed E-state index contributed by atoms with van der Waals surface area (Å²) >= 11 is 0. The number of hydrogen-bond acceptors (Lipinski definition) is 9. The summed E-state index contributed by atoms with van der Waals surface area (Å²) in [6.07, 6.45) is -1.70. The van der Waals surface area contributed by atoms with Crippen LogP contribution >= 0.6 is 0 Å². The average Bonchev–Trinajstić information content (AvgIpc) is 2.94. The minimum atomic E-state index is -4.78. The van der Waals surface area contributed by atoms with E-state index in [-0.39, 0.29) is 24.1 Å². The molecule has 214 valence electrons. The van der Waals surface area contributed by atoms with Crippen LogP contribution in [-0.2, 0) is 11.3 Å². The SMILES string of the molecule is COc1cc(Nc2nccc(N3CCCC(C(=O)NCc4cccc(OC(F)(F)F)c4)C3)n2)cc(OC)c1OC. The number of anilines is 3. The fourth-order valence-corrected chi connectivity index (χ4v) is 4.45. The van der Waals surface area contributed by atoms with E-state index in [4.69, 9.17) is 14.2 Å². The monoisotopic (exact) mass is 561 g/mol. The number of carbonyl (C=O) groups excluding carboxylic acids is 1. The molecule has 1 atom stereocenters. The van der Waals surface area contributed by atoms with Gasteiger partial charge in [-0.2, -0.15) is 4.98 Å². The minimum Gasteiger partial charge on any atom is -0.493 e. The molecule has 4 rings (SSSR count). The van der Waals surface area contributed by atoms with E-state index in [1.54, 1.807) is 30.5 Å². The van der Waals surface area contributed by atoms with Crippen LogP contribution in [-0.4, -0.2) is 56.7 Å². The van der Waals surface area contributed by atoms with Gasteiger partial charge in [0.2, 0.25) is 17.6 Å². The summed E-state index contributed by atoms with van der Waals surface area (Å²) in [5.41, 5.74) is 1.13. The second kappa shape index (κ2) is 12.6. The zero-order valence-corrected chi connectivity index (χ0v) is 22.2. The molecule has 13 heteroatoms. The first-order valence-electron chi connectivity index (χ1n) is 12.5. The van der Waals surface area contributed by atoms with Gasteiger partial charge in [-0.15, -0.1) is 13.2 Å². The highest BCUT2D eigenvalue weighted by Gasteiger charge is 2.31. The highest BCUT2D eigenvalue weighted by atomic mass is 19.4. The van der Waals surface area contributed by atoms with E-state index in [1.807, 2.05) is 4.90 Å². The van der Waals surface area contributed by atoms with E-state index in [2.05, 4.69) is 25.3 Å². The van der Waals surface area contributed by atoms with E-state index in [0.29, 0.717) is 59.8 Å². The standard InChI is InChI=1S/C27H30F3N5O5/c1-37-21-13-19(14-22(38-2)24(21)39-3)33-26-31-10-9-23(34-26)35-11-5-7-18(16-35)25(36)32-15-17-6-4-8-20(12-17)40-27(28,29)30/h4,6,8-10,12-14,18H,5,7,11,15-16H2,1-3H3,(H,32,36)(H,31,33,34). The van der Waals surface area contributed by atoms with E-state index >= 15 is 0 Å². The maximum Gasteiger partial charge on any atom is 0.573 e. The second-order valence-corrected chi connectivity index (χ2v) is 8.98. The first-order chi connectivity index (χ1) is 19.2. The molecule has 40 heavy (non-hydrogen) atoms. The lowest BCUT2D eigenvalue weighted by Crippen LogP contribution is -2.43. The molecular formula is C27H30F3N5O5. The molecule has 0 bridgehead atoms. The predicted octanol–water partition coefficient (Wildman–Crippen LogP) is 4.68. The van der Waals surface area contributed by atoms with Crippen molar-refractivity contribution in [2.45, 2.75) is 25.7 Å². The Morgan fingerprint density at radius 2 is 1.82 bits per heavy atom. The molecule has 0 spiro atoms. The molecule has 1 saturated heterocycles. The third-order valence-electron chi connectivity index (χ3n) is 6.28. The van der Waals surface area contributed by atoms with Crippen molar-refractivity contribution in [3.63, 3.8) is 0 Å². The molecule has 1 aromatic heterocycles. The number of benzene rings is 2. The number of hydrogen-bond donors (Lipinski definition) is 2. The number of aromatic nitrogens is 2. The Hall–Kier alpha value is -4.42. The first-order valence-corrected chi connectivity index (χ1v) is 12.5. The van der Waals surface area contributed by atoms with Gasteiger partial charge in [0, 0.05) is 43.7 Å². The fourth-order valence-electron chi connectivity index (χ4n) is 4.45. The molecule has 1 fully saturated rings. The lowest BCUT2D eigenvalue weighted by Gasteiger charge is -2.33. The number of methoxy groups -OCH3 is 3. The van der Waals surface area contributed by atoms with Crippen molar-refractivity contribution in [1.82, 2.24) is 15.3 Å². The van der Waals surface area contributed by atoms with Crippen LogP contribution in [0.25, 0.3) is 0 Å². The first kappa shape index (κ1) is 28.6. The minimum absolute atomic E-state index is 0.0841. The smallest absolute Gasteiger partial charge is 0.493 e. The van der Waals surface area contributed by atoms with E-state index in [9.17, 15) is 18.0 Å². The molecule has 0 saturated carbocycles. The van der Waals surface area contributed by atoms with Crippen molar-refractivity contribution in [2.75, 3.05) is 44.6 Å². The molecule has 2 aromatic carbocycles. The summed E-state index contributed by atoms with van der Waals surface area (Å²) in [6, 6.07) is 10.8. The Balaban J connectivity index is 1.39. The summed E-state index contributed by atoms with van der Waals surface area (Å²) in [4.78, 5) is 23.9. The molecule has 2 heterocycles. The fraction of sp³-hybridized carbons (Fsp3) is 0.370. The Labute approximate surface area is 229 Å². The van der Waals surface area contributed by atoms with Crippen LogP contribution < -0.4 is 34.5 Å². The van der Waals surface area contributed by atoms with Crippen LogP contribution in [0.15, 0.2) is 48.7 Å². The number of alkyl halides is 3. The van der Waals surface area contributed by atoms with Crippen molar-refractivity contribution in [3.8, 4) is 23.0 Å². The second-order valence-electron chi connectivity index (χ2n) is 8.98. The number of carbonyl (C=O) groups is 1. The molecule has 1 aliphatic heterocycles. The van der Waals surface area contributed by atoms with Gasteiger partial charge in [0.15, 0.2) is 11.5 Å². The van der Waals surface area contributed by atoms with Gasteiger partial charge in [-0.1, -0.05) is 12.1 Å². The molecule has 1 unspecified atom stereocenters. The maximum atomic E-state index is 12.9. The molecule has 2 N–H and O–H groups in total. The van der Waals surface area contributed by atoms with Crippen LogP contribution in [0.4, 0.5) is 30.6 Å². The molecule has 3 aromatic rings. The van der Waals surface area contributed by atoms with Gasteiger partial charge in [0.05, 0.1) is 27.2 Å². The van der Waals surface area contributed by atoms with E-state index in [1.165, 1.54) is 39.5 Å². The summed E-state index contributed by atoms with van der Waals surface area (Å²) in [5.74, 6) is 1.59. The van der Waals surface area contributed by atoms with Crippen molar-refractivity contribution in [2.24, 2.45) is 5.92 Å². The molecule has 0 aliphatic carbocycles. The summed E-state index contributed by atoms with van der Waals surface area (Å²) in [6.45, 7) is 1.23. The highest BCUT2D eigenvalue weighted by Crippen LogP contribution is 2.40. The number of halogens is 3. The highest BCUT2D eigenvalue weighted by molar-refractivity contribution is 5.79. The van der Waals surface area contributed by atoms with Crippen molar-refractivity contribution in [3.05, 3.63) is 54.2 Å². The number of ether oxygens (including phenoxy) is 4. The Morgan fingerprint density at radius 3 is 2.50 bits per heavy atom.